The molecule has 6 heteroatoms. The zero-order valence-corrected chi connectivity index (χ0v) is 14.1. The minimum atomic E-state index is -0.993. The number of likely N-dealkylation sites (tertiary alicyclic amines) is 1. The van der Waals surface area contributed by atoms with E-state index >= 15 is 0 Å². The molecule has 1 aliphatic rings. The van der Waals surface area contributed by atoms with Crippen LogP contribution in [-0.2, 0) is 6.54 Å². The number of carbonyl (C=O) groups excluding carboxylic acids is 1. The van der Waals surface area contributed by atoms with Crippen molar-refractivity contribution in [3.8, 4) is 0 Å². The number of hydrogen-bond donors (Lipinski definition) is 1. The summed E-state index contributed by atoms with van der Waals surface area (Å²) < 4.78 is 27.3. The lowest BCUT2D eigenvalue weighted by Gasteiger charge is -2.32. The van der Waals surface area contributed by atoms with Crippen molar-refractivity contribution in [3.63, 3.8) is 0 Å². The largest absolute Gasteiger partial charge is 0.478 e. The molecule has 136 valence electrons. The number of hydrogen-bond acceptors (Lipinski definition) is 3. The molecule has 0 radical (unpaired) electrons. The lowest BCUT2D eigenvalue weighted by molar-refractivity contribution is 0.0689. The van der Waals surface area contributed by atoms with Crippen LogP contribution in [0.3, 0.4) is 0 Å². The first-order valence-electron chi connectivity index (χ1n) is 8.48. The Morgan fingerprint density at radius 1 is 1.12 bits per heavy atom. The molecule has 26 heavy (non-hydrogen) atoms. The van der Waals surface area contributed by atoms with Crippen LogP contribution in [0.5, 0.6) is 0 Å². The van der Waals surface area contributed by atoms with E-state index in [4.69, 9.17) is 0 Å². The first-order chi connectivity index (χ1) is 12.5. The number of Topliss-reactive ketones (excluding diaryl/α,β-unsaturated/α-hetero) is 1. The predicted octanol–water partition coefficient (Wildman–Crippen LogP) is 3.76. The molecule has 2 aromatic rings. The first-order valence-corrected chi connectivity index (χ1v) is 8.48. The minimum absolute atomic E-state index is 0.220. The van der Waals surface area contributed by atoms with Crippen LogP contribution < -0.4 is 0 Å². The highest BCUT2D eigenvalue weighted by molar-refractivity contribution is 5.98. The molecule has 0 amide bonds. The third-order valence-corrected chi connectivity index (χ3v) is 4.71. The van der Waals surface area contributed by atoms with Gasteiger partial charge in [0.15, 0.2) is 5.78 Å². The molecule has 3 rings (SSSR count). The highest BCUT2D eigenvalue weighted by atomic mass is 19.1. The standard InChI is InChI=1S/C20H19F2NO3/c21-15-7-8-18(22)17(10-15)19(24)14-5-3-9-23(12-14)11-13-4-1-2-6-16(13)20(25)26/h1-2,4,6-8,10,14H,3,5,9,11-12H2,(H,25,26)/t14-/m1/s1. The summed E-state index contributed by atoms with van der Waals surface area (Å²) in [7, 11) is 0. The van der Waals surface area contributed by atoms with Gasteiger partial charge in [0, 0.05) is 19.0 Å². The molecule has 0 bridgehead atoms. The van der Waals surface area contributed by atoms with Gasteiger partial charge in [-0.1, -0.05) is 18.2 Å². The van der Waals surface area contributed by atoms with Gasteiger partial charge < -0.3 is 5.11 Å². The van der Waals surface area contributed by atoms with E-state index in [2.05, 4.69) is 0 Å². The van der Waals surface area contributed by atoms with Crippen molar-refractivity contribution in [2.45, 2.75) is 19.4 Å². The van der Waals surface area contributed by atoms with Crippen LogP contribution in [0, 0.1) is 17.6 Å². The summed E-state index contributed by atoms with van der Waals surface area (Å²) in [6.07, 6.45) is 1.34. The highest BCUT2D eigenvalue weighted by Crippen LogP contribution is 2.24. The maximum absolute atomic E-state index is 13.9. The van der Waals surface area contributed by atoms with E-state index in [1.165, 1.54) is 0 Å². The lowest BCUT2D eigenvalue weighted by Crippen LogP contribution is -2.38. The van der Waals surface area contributed by atoms with E-state index < -0.39 is 29.3 Å². The average Bonchev–Trinajstić information content (AvgIpc) is 2.63. The summed E-state index contributed by atoms with van der Waals surface area (Å²) in [5.41, 5.74) is 0.685. The summed E-state index contributed by atoms with van der Waals surface area (Å²) in [6.45, 7) is 1.52. The maximum atomic E-state index is 13.9. The molecule has 1 heterocycles. The smallest absolute Gasteiger partial charge is 0.336 e. The van der Waals surface area contributed by atoms with Gasteiger partial charge in [-0.2, -0.15) is 0 Å². The zero-order chi connectivity index (χ0) is 18.7. The van der Waals surface area contributed by atoms with Crippen molar-refractivity contribution in [1.82, 2.24) is 4.90 Å². The van der Waals surface area contributed by atoms with E-state index in [0.29, 0.717) is 25.1 Å². The number of aromatic carboxylic acids is 1. The van der Waals surface area contributed by atoms with Gasteiger partial charge in [0.05, 0.1) is 11.1 Å². The fourth-order valence-corrected chi connectivity index (χ4v) is 3.43. The quantitative estimate of drug-likeness (QED) is 0.826. The van der Waals surface area contributed by atoms with Crippen molar-refractivity contribution < 1.29 is 23.5 Å². The highest BCUT2D eigenvalue weighted by Gasteiger charge is 2.29. The molecule has 0 aromatic heterocycles. The van der Waals surface area contributed by atoms with Crippen molar-refractivity contribution in [1.29, 1.82) is 0 Å². The molecule has 1 saturated heterocycles. The van der Waals surface area contributed by atoms with Gasteiger partial charge >= 0.3 is 5.97 Å². The summed E-state index contributed by atoms with van der Waals surface area (Å²) in [4.78, 5) is 26.0. The Morgan fingerprint density at radius 2 is 1.88 bits per heavy atom. The zero-order valence-electron chi connectivity index (χ0n) is 14.1. The molecule has 2 aromatic carbocycles. The topological polar surface area (TPSA) is 57.6 Å². The molecule has 0 spiro atoms. The van der Waals surface area contributed by atoms with Crippen LogP contribution in [0.1, 0.15) is 39.1 Å². The second kappa shape index (κ2) is 7.74. The van der Waals surface area contributed by atoms with Gasteiger partial charge in [0.25, 0.3) is 0 Å². The molecule has 0 aliphatic carbocycles. The number of halogens is 2. The number of carbonyl (C=O) groups is 2. The Kier molecular flexibility index (Phi) is 5.42. The number of carboxylic acids is 1. The van der Waals surface area contributed by atoms with Gasteiger partial charge in [-0.25, -0.2) is 13.6 Å². The Bertz CT molecular complexity index is 838. The van der Waals surface area contributed by atoms with Crippen LogP contribution in [0.2, 0.25) is 0 Å². The van der Waals surface area contributed by atoms with Crippen LogP contribution in [0.15, 0.2) is 42.5 Å². The fourth-order valence-electron chi connectivity index (χ4n) is 3.43. The van der Waals surface area contributed by atoms with Gasteiger partial charge in [0.2, 0.25) is 0 Å². The van der Waals surface area contributed by atoms with Crippen LogP contribution in [-0.4, -0.2) is 34.8 Å². The third kappa shape index (κ3) is 3.96. The Morgan fingerprint density at radius 3 is 2.65 bits per heavy atom. The monoisotopic (exact) mass is 359 g/mol. The lowest BCUT2D eigenvalue weighted by atomic mass is 9.89. The van der Waals surface area contributed by atoms with Gasteiger partial charge in [-0.3, -0.25) is 9.69 Å². The summed E-state index contributed by atoms with van der Waals surface area (Å²) in [5, 5.41) is 9.29. The Labute approximate surface area is 150 Å². The molecular weight excluding hydrogens is 340 g/mol. The SMILES string of the molecule is O=C(O)c1ccccc1CN1CCC[C@@H](C(=O)c2cc(F)ccc2F)C1. The fraction of sp³-hybridized carbons (Fsp3) is 0.300. The number of ketones is 1. The third-order valence-electron chi connectivity index (χ3n) is 4.71. The molecule has 4 nitrogen and oxygen atoms in total. The Hall–Kier alpha value is -2.60. The van der Waals surface area contributed by atoms with E-state index in [1.807, 2.05) is 4.90 Å². The van der Waals surface area contributed by atoms with Crippen LogP contribution in [0.4, 0.5) is 8.78 Å². The summed E-state index contributed by atoms with van der Waals surface area (Å²) in [6, 6.07) is 9.64. The number of benzene rings is 2. The van der Waals surface area contributed by atoms with Crippen LogP contribution >= 0.6 is 0 Å². The normalized spacial score (nSPS) is 17.8. The van der Waals surface area contributed by atoms with Crippen LogP contribution in [0.25, 0.3) is 0 Å². The second-order valence-electron chi connectivity index (χ2n) is 6.52. The summed E-state index contributed by atoms with van der Waals surface area (Å²) in [5.74, 6) is -3.19. The first kappa shape index (κ1) is 18.2. The molecule has 1 fully saturated rings. The Balaban J connectivity index is 1.75. The van der Waals surface area contributed by atoms with Crippen molar-refractivity contribution in [2.24, 2.45) is 5.92 Å². The summed E-state index contributed by atoms with van der Waals surface area (Å²) >= 11 is 0. The predicted molar refractivity (Wildman–Crippen MR) is 92.1 cm³/mol. The molecule has 1 atom stereocenters. The van der Waals surface area contributed by atoms with Crippen molar-refractivity contribution in [3.05, 3.63) is 70.8 Å². The van der Waals surface area contributed by atoms with Gasteiger partial charge in [0.1, 0.15) is 11.6 Å². The van der Waals surface area contributed by atoms with Gasteiger partial charge in [-0.05, 0) is 49.2 Å². The van der Waals surface area contributed by atoms with Gasteiger partial charge in [-0.15, -0.1) is 0 Å². The number of piperidine rings is 1. The molecular formula is C20H19F2NO3. The molecule has 1 aliphatic heterocycles. The minimum Gasteiger partial charge on any atom is -0.478 e. The molecule has 0 unspecified atom stereocenters. The number of rotatable bonds is 5. The van der Waals surface area contributed by atoms with E-state index in [0.717, 1.165) is 31.2 Å². The molecule has 0 saturated carbocycles. The number of carboxylic acid groups (broad SMARTS) is 1. The molecule has 1 N–H and O–H groups in total. The average molecular weight is 359 g/mol. The van der Waals surface area contributed by atoms with E-state index in [9.17, 15) is 23.5 Å². The van der Waals surface area contributed by atoms with E-state index in [-0.39, 0.29) is 11.1 Å². The second-order valence-corrected chi connectivity index (χ2v) is 6.52. The number of nitrogens with zero attached hydrogens (tertiary/aromatic N) is 1. The van der Waals surface area contributed by atoms with Crippen molar-refractivity contribution in [2.75, 3.05) is 13.1 Å². The van der Waals surface area contributed by atoms with Crippen molar-refractivity contribution >= 4 is 11.8 Å². The maximum Gasteiger partial charge on any atom is 0.336 e. The van der Waals surface area contributed by atoms with E-state index in [1.54, 1.807) is 24.3 Å².